The first-order valence-corrected chi connectivity index (χ1v) is 4.64. The number of pyridine rings is 1. The smallest absolute Gasteiger partial charge is 0.266 e. The van der Waals surface area contributed by atoms with Gasteiger partial charge in [-0.05, 0) is 5.56 Å². The average molecular weight is 242 g/mol. The fraction of sp³-hybridized carbons (Fsp3) is 0.375. The number of aromatic nitrogens is 1. The highest BCUT2D eigenvalue weighted by Crippen LogP contribution is 2.31. The lowest BCUT2D eigenvalue weighted by atomic mass is 10.1. The molecular weight excluding hydrogens is 235 g/mol. The van der Waals surface area contributed by atoms with Crippen molar-refractivity contribution in [1.82, 2.24) is 4.98 Å². The molecule has 0 aliphatic rings. The molecule has 0 aliphatic heterocycles. The molecule has 1 aromatic heterocycles. The van der Waals surface area contributed by atoms with Crippen LogP contribution < -0.4 is 0 Å². The van der Waals surface area contributed by atoms with E-state index >= 15 is 0 Å². The molecule has 0 fully saturated rings. The van der Waals surface area contributed by atoms with Gasteiger partial charge in [0.1, 0.15) is 0 Å². The Balaban J connectivity index is 3.36. The van der Waals surface area contributed by atoms with Gasteiger partial charge in [-0.2, -0.15) is 0 Å². The molecule has 0 aromatic carbocycles. The molecule has 1 N–H and O–H groups in total. The molecule has 14 heavy (non-hydrogen) atoms. The van der Waals surface area contributed by atoms with E-state index in [0.717, 1.165) is 0 Å². The molecule has 6 heteroatoms. The van der Waals surface area contributed by atoms with E-state index in [0.29, 0.717) is 0 Å². The highest BCUT2D eigenvalue weighted by Gasteiger charge is 2.20. The van der Waals surface area contributed by atoms with Crippen molar-refractivity contribution in [1.29, 1.82) is 0 Å². The summed E-state index contributed by atoms with van der Waals surface area (Å²) in [5.41, 5.74) is -0.322. The van der Waals surface area contributed by atoms with Crippen molar-refractivity contribution in [2.75, 3.05) is 0 Å². The third-order valence-corrected chi connectivity index (χ3v) is 2.35. The molecule has 1 rings (SSSR count). The predicted octanol–water partition coefficient (Wildman–Crippen LogP) is 2.90. The Bertz CT molecular complexity index is 333. The lowest BCUT2D eigenvalue weighted by molar-refractivity contribution is 0.145. The van der Waals surface area contributed by atoms with E-state index in [1.165, 1.54) is 6.20 Å². The largest absolute Gasteiger partial charge is 0.390 e. The van der Waals surface area contributed by atoms with Crippen molar-refractivity contribution < 1.29 is 13.9 Å². The number of halogens is 4. The standard InChI is InChI=1S/C8H7Cl2F2NO/c9-1-4-5(10)2-13-6(3-14)7(4)8(11)12/h2,8,14H,1,3H2. The van der Waals surface area contributed by atoms with Crippen LogP contribution >= 0.6 is 23.2 Å². The van der Waals surface area contributed by atoms with Crippen molar-refractivity contribution in [2.45, 2.75) is 18.9 Å². The number of nitrogens with zero attached hydrogens (tertiary/aromatic N) is 1. The van der Waals surface area contributed by atoms with E-state index in [4.69, 9.17) is 28.3 Å². The van der Waals surface area contributed by atoms with E-state index in [-0.39, 0.29) is 27.7 Å². The van der Waals surface area contributed by atoms with E-state index in [1.807, 2.05) is 0 Å². The van der Waals surface area contributed by atoms with Gasteiger partial charge in [0.25, 0.3) is 6.43 Å². The fourth-order valence-corrected chi connectivity index (χ4v) is 1.68. The van der Waals surface area contributed by atoms with Gasteiger partial charge in [0.05, 0.1) is 17.3 Å². The molecule has 0 radical (unpaired) electrons. The van der Waals surface area contributed by atoms with E-state index in [2.05, 4.69) is 4.98 Å². The maximum Gasteiger partial charge on any atom is 0.266 e. The lowest BCUT2D eigenvalue weighted by Gasteiger charge is -2.11. The molecule has 0 saturated carbocycles. The molecule has 0 saturated heterocycles. The van der Waals surface area contributed by atoms with Crippen molar-refractivity contribution in [3.63, 3.8) is 0 Å². The van der Waals surface area contributed by atoms with Gasteiger partial charge in [-0.25, -0.2) is 8.78 Å². The van der Waals surface area contributed by atoms with Crippen molar-refractivity contribution >= 4 is 23.2 Å². The minimum absolute atomic E-state index is 0.0833. The van der Waals surface area contributed by atoms with Crippen LogP contribution in [0, 0.1) is 0 Å². The molecule has 0 unspecified atom stereocenters. The number of aliphatic hydroxyl groups excluding tert-OH is 1. The second-order valence-electron chi connectivity index (χ2n) is 2.54. The maximum atomic E-state index is 12.6. The predicted molar refractivity (Wildman–Crippen MR) is 49.7 cm³/mol. The van der Waals surface area contributed by atoms with Gasteiger partial charge in [0.2, 0.25) is 0 Å². The van der Waals surface area contributed by atoms with Crippen LogP contribution in [0.2, 0.25) is 5.02 Å². The van der Waals surface area contributed by atoms with Gasteiger partial charge in [0, 0.05) is 17.6 Å². The summed E-state index contributed by atoms with van der Waals surface area (Å²) >= 11 is 11.1. The van der Waals surface area contributed by atoms with Gasteiger partial charge in [0.15, 0.2) is 0 Å². The Morgan fingerprint density at radius 3 is 2.57 bits per heavy atom. The Morgan fingerprint density at radius 2 is 2.14 bits per heavy atom. The molecule has 0 spiro atoms. The molecule has 0 bridgehead atoms. The fourth-order valence-electron chi connectivity index (χ4n) is 1.10. The second-order valence-corrected chi connectivity index (χ2v) is 3.21. The normalized spacial score (nSPS) is 11.0. The molecule has 78 valence electrons. The average Bonchev–Trinajstić information content (AvgIpc) is 2.17. The summed E-state index contributed by atoms with van der Waals surface area (Å²) in [7, 11) is 0. The van der Waals surface area contributed by atoms with Crippen LogP contribution in [-0.2, 0) is 12.5 Å². The quantitative estimate of drug-likeness (QED) is 0.826. The summed E-state index contributed by atoms with van der Waals surface area (Å²) in [6.45, 7) is -0.555. The molecule has 0 aliphatic carbocycles. The highest BCUT2D eigenvalue weighted by atomic mass is 35.5. The summed E-state index contributed by atoms with van der Waals surface area (Å²) in [4.78, 5) is 3.61. The van der Waals surface area contributed by atoms with Crippen LogP contribution in [0.25, 0.3) is 0 Å². The number of hydrogen-bond acceptors (Lipinski definition) is 2. The molecule has 1 heterocycles. The number of hydrogen-bond donors (Lipinski definition) is 1. The minimum atomic E-state index is -2.74. The van der Waals surface area contributed by atoms with Crippen LogP contribution in [0.1, 0.15) is 23.2 Å². The molecular formula is C8H7Cl2F2NO. The summed E-state index contributed by atoms with van der Waals surface area (Å²) in [6.07, 6.45) is -1.53. The zero-order valence-electron chi connectivity index (χ0n) is 6.98. The third-order valence-electron chi connectivity index (χ3n) is 1.76. The minimum Gasteiger partial charge on any atom is -0.390 e. The maximum absolute atomic E-state index is 12.6. The van der Waals surface area contributed by atoms with Crippen molar-refractivity contribution in [3.05, 3.63) is 28.0 Å². The first-order chi connectivity index (χ1) is 6.61. The Hall–Kier alpha value is -0.450. The van der Waals surface area contributed by atoms with Gasteiger partial charge in [-0.15, -0.1) is 11.6 Å². The number of aliphatic hydroxyl groups is 1. The number of alkyl halides is 3. The first-order valence-electron chi connectivity index (χ1n) is 3.73. The monoisotopic (exact) mass is 241 g/mol. The van der Waals surface area contributed by atoms with Gasteiger partial charge < -0.3 is 5.11 Å². The highest BCUT2D eigenvalue weighted by molar-refractivity contribution is 6.32. The van der Waals surface area contributed by atoms with Gasteiger partial charge in [-0.3, -0.25) is 4.98 Å². The molecule has 2 nitrogen and oxygen atoms in total. The first kappa shape index (κ1) is 11.6. The summed E-state index contributed by atoms with van der Waals surface area (Å²) in [6, 6.07) is 0. The van der Waals surface area contributed by atoms with Gasteiger partial charge in [-0.1, -0.05) is 11.6 Å². The summed E-state index contributed by atoms with van der Waals surface area (Å²) in [5.74, 6) is -0.131. The van der Waals surface area contributed by atoms with Crippen LogP contribution in [0.15, 0.2) is 6.20 Å². The van der Waals surface area contributed by atoms with E-state index in [9.17, 15) is 8.78 Å². The zero-order valence-corrected chi connectivity index (χ0v) is 8.49. The second kappa shape index (κ2) is 4.87. The SMILES string of the molecule is OCc1ncc(Cl)c(CCl)c1C(F)F. The topological polar surface area (TPSA) is 33.1 Å². The van der Waals surface area contributed by atoms with Gasteiger partial charge >= 0.3 is 0 Å². The Labute approximate surface area is 89.5 Å². The lowest BCUT2D eigenvalue weighted by Crippen LogP contribution is -2.03. The summed E-state index contributed by atoms with van der Waals surface area (Å²) in [5, 5.41) is 8.89. The van der Waals surface area contributed by atoms with Crippen LogP contribution in [0.4, 0.5) is 8.78 Å². The summed E-state index contributed by atoms with van der Waals surface area (Å²) < 4.78 is 25.1. The van der Waals surface area contributed by atoms with Crippen LogP contribution in [0.5, 0.6) is 0 Å². The molecule has 0 atom stereocenters. The van der Waals surface area contributed by atoms with E-state index < -0.39 is 13.0 Å². The third kappa shape index (κ3) is 2.13. The van der Waals surface area contributed by atoms with E-state index in [1.54, 1.807) is 0 Å². The zero-order chi connectivity index (χ0) is 10.7. The van der Waals surface area contributed by atoms with Crippen molar-refractivity contribution in [2.24, 2.45) is 0 Å². The molecule has 1 aromatic rings. The number of rotatable bonds is 3. The van der Waals surface area contributed by atoms with Crippen molar-refractivity contribution in [3.8, 4) is 0 Å². The Morgan fingerprint density at radius 1 is 1.50 bits per heavy atom. The van der Waals surface area contributed by atoms with Crippen LogP contribution in [-0.4, -0.2) is 10.1 Å². The molecule has 0 amide bonds. The Kier molecular flexibility index (Phi) is 4.04. The van der Waals surface area contributed by atoms with Crippen LogP contribution in [0.3, 0.4) is 0 Å².